The third-order valence-corrected chi connectivity index (χ3v) is 2.51. The molecule has 0 rings (SSSR count). The van der Waals surface area contributed by atoms with Crippen LogP contribution in [0.15, 0.2) is 0 Å². The minimum Gasteiger partial charge on any atom is -0.481 e. The van der Waals surface area contributed by atoms with Gasteiger partial charge in [-0.15, -0.1) is 0 Å². The Labute approximate surface area is 96.8 Å². The second kappa shape index (κ2) is 7.96. The van der Waals surface area contributed by atoms with Crippen LogP contribution < -0.4 is 5.32 Å². The first-order chi connectivity index (χ1) is 7.51. The van der Waals surface area contributed by atoms with Crippen molar-refractivity contribution < 1.29 is 14.7 Å². The highest BCUT2D eigenvalue weighted by Gasteiger charge is 2.13. The molecule has 0 aromatic heterocycles. The van der Waals surface area contributed by atoms with Crippen LogP contribution in [-0.2, 0) is 4.79 Å². The van der Waals surface area contributed by atoms with Gasteiger partial charge in [0.05, 0.1) is 6.42 Å². The normalized spacial score (nSPS) is 11.9. The molecule has 94 valence electrons. The maximum atomic E-state index is 11.6. The molecular formula is C11H22N2O3. The van der Waals surface area contributed by atoms with Gasteiger partial charge in [0.15, 0.2) is 0 Å². The molecule has 0 aromatic carbocycles. The number of carboxylic acid groups (broad SMARTS) is 1. The zero-order valence-electron chi connectivity index (χ0n) is 10.3. The maximum Gasteiger partial charge on any atom is 0.317 e. The van der Waals surface area contributed by atoms with E-state index in [0.29, 0.717) is 19.0 Å². The summed E-state index contributed by atoms with van der Waals surface area (Å²) in [7, 11) is 0. The predicted molar refractivity (Wildman–Crippen MR) is 62.4 cm³/mol. The molecule has 0 aliphatic rings. The van der Waals surface area contributed by atoms with E-state index in [2.05, 4.69) is 19.2 Å². The van der Waals surface area contributed by atoms with Gasteiger partial charge in [0.2, 0.25) is 0 Å². The van der Waals surface area contributed by atoms with Gasteiger partial charge in [0.25, 0.3) is 0 Å². The average Bonchev–Trinajstić information content (AvgIpc) is 2.24. The fourth-order valence-electron chi connectivity index (χ4n) is 1.25. The summed E-state index contributed by atoms with van der Waals surface area (Å²) in [6.45, 7) is 7.63. The molecule has 2 amide bonds. The summed E-state index contributed by atoms with van der Waals surface area (Å²) in [5.41, 5.74) is 0. The Balaban J connectivity index is 3.96. The van der Waals surface area contributed by atoms with Crippen LogP contribution in [0.4, 0.5) is 4.79 Å². The quantitative estimate of drug-likeness (QED) is 0.697. The van der Waals surface area contributed by atoms with Gasteiger partial charge < -0.3 is 15.3 Å². The molecule has 2 N–H and O–H groups in total. The first kappa shape index (κ1) is 14.7. The Bertz CT molecular complexity index is 231. The molecule has 0 bridgehead atoms. The molecule has 16 heavy (non-hydrogen) atoms. The van der Waals surface area contributed by atoms with Crippen molar-refractivity contribution >= 4 is 12.0 Å². The average molecular weight is 230 g/mol. The van der Waals surface area contributed by atoms with Crippen molar-refractivity contribution in [3.05, 3.63) is 0 Å². The molecule has 0 saturated carbocycles. The van der Waals surface area contributed by atoms with E-state index in [1.165, 1.54) is 0 Å². The summed E-state index contributed by atoms with van der Waals surface area (Å²) in [6.07, 6.45) is 0.992. The predicted octanol–water partition coefficient (Wildman–Crippen LogP) is 1.54. The molecule has 5 heteroatoms. The zero-order valence-corrected chi connectivity index (χ0v) is 10.3. The van der Waals surface area contributed by atoms with Crippen molar-refractivity contribution in [3.63, 3.8) is 0 Å². The van der Waals surface area contributed by atoms with Crippen LogP contribution in [0, 0.1) is 5.92 Å². The van der Waals surface area contributed by atoms with Crippen molar-refractivity contribution in [2.45, 2.75) is 33.6 Å². The molecule has 0 saturated heterocycles. The standard InChI is InChI=1S/C11H22N2O3/c1-4-9(3)8-13(5-2)11(16)12-7-6-10(14)15/h9H,4-8H2,1-3H3,(H,12,16)(H,14,15). The molecule has 1 atom stereocenters. The van der Waals surface area contributed by atoms with Gasteiger partial charge in [-0.05, 0) is 12.8 Å². The Kier molecular flexibility index (Phi) is 7.33. The highest BCUT2D eigenvalue weighted by atomic mass is 16.4. The molecule has 0 heterocycles. The van der Waals surface area contributed by atoms with E-state index in [-0.39, 0.29) is 19.0 Å². The van der Waals surface area contributed by atoms with E-state index >= 15 is 0 Å². The van der Waals surface area contributed by atoms with Gasteiger partial charge in [0, 0.05) is 19.6 Å². The molecule has 5 nitrogen and oxygen atoms in total. The number of carbonyl (C=O) groups excluding carboxylic acids is 1. The Morgan fingerprint density at radius 1 is 1.38 bits per heavy atom. The molecule has 0 spiro atoms. The fraction of sp³-hybridized carbons (Fsp3) is 0.818. The van der Waals surface area contributed by atoms with Crippen LogP contribution >= 0.6 is 0 Å². The van der Waals surface area contributed by atoms with Crippen molar-refractivity contribution in [1.29, 1.82) is 0 Å². The van der Waals surface area contributed by atoms with E-state index in [1.807, 2.05) is 6.92 Å². The van der Waals surface area contributed by atoms with Crippen molar-refractivity contribution in [2.75, 3.05) is 19.6 Å². The van der Waals surface area contributed by atoms with Gasteiger partial charge in [-0.2, -0.15) is 0 Å². The lowest BCUT2D eigenvalue weighted by atomic mass is 10.1. The number of carboxylic acids is 1. The van der Waals surface area contributed by atoms with Gasteiger partial charge in [-0.3, -0.25) is 4.79 Å². The summed E-state index contributed by atoms with van der Waals surface area (Å²) in [4.78, 5) is 23.6. The van der Waals surface area contributed by atoms with E-state index in [0.717, 1.165) is 6.42 Å². The second-order valence-corrected chi connectivity index (χ2v) is 3.93. The Morgan fingerprint density at radius 2 is 2.00 bits per heavy atom. The highest BCUT2D eigenvalue weighted by Crippen LogP contribution is 2.04. The Hall–Kier alpha value is -1.26. The number of carbonyl (C=O) groups is 2. The molecule has 1 unspecified atom stereocenters. The number of hydrogen-bond acceptors (Lipinski definition) is 2. The second-order valence-electron chi connectivity index (χ2n) is 3.93. The first-order valence-corrected chi connectivity index (χ1v) is 5.75. The van der Waals surface area contributed by atoms with Gasteiger partial charge >= 0.3 is 12.0 Å². The molecule has 0 aromatic rings. The summed E-state index contributed by atoms with van der Waals surface area (Å²) >= 11 is 0. The smallest absolute Gasteiger partial charge is 0.317 e. The molecule has 0 fully saturated rings. The lowest BCUT2D eigenvalue weighted by Crippen LogP contribution is -2.42. The van der Waals surface area contributed by atoms with E-state index in [1.54, 1.807) is 4.90 Å². The van der Waals surface area contributed by atoms with Gasteiger partial charge in [0.1, 0.15) is 0 Å². The third kappa shape index (κ3) is 6.27. The van der Waals surface area contributed by atoms with Crippen LogP contribution in [0.2, 0.25) is 0 Å². The van der Waals surface area contributed by atoms with Crippen LogP contribution in [0.5, 0.6) is 0 Å². The maximum absolute atomic E-state index is 11.6. The minimum atomic E-state index is -0.898. The number of hydrogen-bond donors (Lipinski definition) is 2. The third-order valence-electron chi connectivity index (χ3n) is 2.51. The largest absolute Gasteiger partial charge is 0.481 e. The topological polar surface area (TPSA) is 69.6 Å². The minimum absolute atomic E-state index is 0.0351. The summed E-state index contributed by atoms with van der Waals surface area (Å²) in [6, 6.07) is -0.177. The molecular weight excluding hydrogens is 208 g/mol. The first-order valence-electron chi connectivity index (χ1n) is 5.75. The number of rotatable bonds is 7. The number of amides is 2. The lowest BCUT2D eigenvalue weighted by Gasteiger charge is -2.24. The lowest BCUT2D eigenvalue weighted by molar-refractivity contribution is -0.136. The Morgan fingerprint density at radius 3 is 2.44 bits per heavy atom. The SMILES string of the molecule is CCC(C)CN(CC)C(=O)NCCC(=O)O. The van der Waals surface area contributed by atoms with Crippen molar-refractivity contribution in [3.8, 4) is 0 Å². The van der Waals surface area contributed by atoms with E-state index < -0.39 is 5.97 Å². The van der Waals surface area contributed by atoms with Crippen molar-refractivity contribution in [2.24, 2.45) is 5.92 Å². The number of aliphatic carboxylic acids is 1. The summed E-state index contributed by atoms with van der Waals surface area (Å²) < 4.78 is 0. The summed E-state index contributed by atoms with van der Waals surface area (Å²) in [5, 5.41) is 11.0. The van der Waals surface area contributed by atoms with Crippen LogP contribution in [-0.4, -0.2) is 41.6 Å². The van der Waals surface area contributed by atoms with Gasteiger partial charge in [-0.25, -0.2) is 4.79 Å². The van der Waals surface area contributed by atoms with Crippen molar-refractivity contribution in [1.82, 2.24) is 10.2 Å². The van der Waals surface area contributed by atoms with E-state index in [9.17, 15) is 9.59 Å². The zero-order chi connectivity index (χ0) is 12.6. The summed E-state index contributed by atoms with van der Waals surface area (Å²) in [5.74, 6) is -0.435. The van der Waals surface area contributed by atoms with E-state index in [4.69, 9.17) is 5.11 Å². The number of nitrogens with zero attached hydrogens (tertiary/aromatic N) is 1. The molecule has 0 radical (unpaired) electrons. The van der Waals surface area contributed by atoms with Gasteiger partial charge in [-0.1, -0.05) is 20.3 Å². The molecule has 0 aliphatic carbocycles. The number of nitrogens with one attached hydrogen (secondary N) is 1. The number of urea groups is 1. The van der Waals surface area contributed by atoms with Crippen LogP contribution in [0.25, 0.3) is 0 Å². The molecule has 0 aliphatic heterocycles. The fourth-order valence-corrected chi connectivity index (χ4v) is 1.25. The monoisotopic (exact) mass is 230 g/mol. The van der Waals surface area contributed by atoms with Crippen LogP contribution in [0.3, 0.4) is 0 Å². The van der Waals surface area contributed by atoms with Crippen LogP contribution in [0.1, 0.15) is 33.6 Å². The highest BCUT2D eigenvalue weighted by molar-refractivity contribution is 5.75.